The van der Waals surface area contributed by atoms with Gasteiger partial charge in [-0.1, -0.05) is 60.1 Å². The molecule has 0 fully saturated rings. The van der Waals surface area contributed by atoms with Crippen molar-refractivity contribution in [3.05, 3.63) is 83.6 Å². The summed E-state index contributed by atoms with van der Waals surface area (Å²) in [5.41, 5.74) is 3.52. The average Bonchev–Trinajstić information content (AvgIpc) is 2.59. The van der Waals surface area contributed by atoms with Crippen LogP contribution in [-0.4, -0.2) is 5.11 Å². The molecule has 0 aliphatic carbocycles. The third kappa shape index (κ3) is 3.91. The lowest BCUT2D eigenvalue weighted by atomic mass is 10.0. The Morgan fingerprint density at radius 3 is 2.33 bits per heavy atom. The lowest BCUT2D eigenvalue weighted by molar-refractivity contribution is 0.629. The largest absolute Gasteiger partial charge is 0.332 e. The highest BCUT2D eigenvalue weighted by Crippen LogP contribution is 2.27. The van der Waals surface area contributed by atoms with Crippen molar-refractivity contribution in [2.45, 2.75) is 0 Å². The lowest BCUT2D eigenvalue weighted by Crippen LogP contribution is -2.19. The quantitative estimate of drug-likeness (QED) is 0.566. The highest BCUT2D eigenvalue weighted by atomic mass is 35.5. The zero-order chi connectivity index (χ0) is 16.9. The lowest BCUT2D eigenvalue weighted by Gasteiger charge is -2.14. The maximum atomic E-state index is 13.5. The Balaban J connectivity index is 1.79. The SMILES string of the molecule is Fc1cc(NC(=S)Nc2ccccc2-c2ccccc2)ccc1Cl. The fraction of sp³-hybridized carbons (Fsp3) is 0. The molecule has 0 saturated carbocycles. The predicted octanol–water partition coefficient (Wildman–Crippen LogP) is 5.96. The molecule has 3 rings (SSSR count). The number of rotatable bonds is 3. The first-order valence-electron chi connectivity index (χ1n) is 7.31. The fourth-order valence-corrected chi connectivity index (χ4v) is 2.67. The molecule has 0 aliphatic rings. The topological polar surface area (TPSA) is 24.1 Å². The van der Waals surface area contributed by atoms with Crippen molar-refractivity contribution >= 4 is 40.3 Å². The summed E-state index contributed by atoms with van der Waals surface area (Å²) < 4.78 is 13.5. The van der Waals surface area contributed by atoms with Gasteiger partial charge in [0.1, 0.15) is 5.82 Å². The van der Waals surface area contributed by atoms with E-state index in [1.54, 1.807) is 6.07 Å². The molecular formula is C19H14ClFN2S. The molecule has 2 N–H and O–H groups in total. The van der Waals surface area contributed by atoms with E-state index in [1.807, 2.05) is 54.6 Å². The molecule has 3 aromatic rings. The van der Waals surface area contributed by atoms with Crippen LogP contribution in [0, 0.1) is 5.82 Å². The molecule has 0 heterocycles. The number of nitrogens with one attached hydrogen (secondary N) is 2. The molecule has 0 atom stereocenters. The average molecular weight is 357 g/mol. The van der Waals surface area contributed by atoms with E-state index < -0.39 is 5.82 Å². The first kappa shape index (κ1) is 16.4. The maximum Gasteiger partial charge on any atom is 0.175 e. The molecule has 0 amide bonds. The first-order chi connectivity index (χ1) is 11.6. The molecule has 0 spiro atoms. The monoisotopic (exact) mass is 356 g/mol. The Kier molecular flexibility index (Phi) is 5.08. The highest BCUT2D eigenvalue weighted by molar-refractivity contribution is 7.80. The van der Waals surface area contributed by atoms with Gasteiger partial charge >= 0.3 is 0 Å². The van der Waals surface area contributed by atoms with Crippen LogP contribution in [0.2, 0.25) is 5.02 Å². The number of benzene rings is 3. The molecule has 0 unspecified atom stereocenters. The van der Waals surface area contributed by atoms with Crippen LogP contribution in [0.1, 0.15) is 0 Å². The Morgan fingerprint density at radius 2 is 1.58 bits per heavy atom. The number of hydrogen-bond donors (Lipinski definition) is 2. The molecule has 2 nitrogen and oxygen atoms in total. The zero-order valence-electron chi connectivity index (χ0n) is 12.6. The van der Waals surface area contributed by atoms with Gasteiger partial charge in [-0.2, -0.15) is 0 Å². The van der Waals surface area contributed by atoms with Crippen LogP contribution < -0.4 is 10.6 Å². The molecule has 5 heteroatoms. The number of thiocarbonyl (C=S) groups is 1. The van der Waals surface area contributed by atoms with Crippen LogP contribution in [0.4, 0.5) is 15.8 Å². The van der Waals surface area contributed by atoms with E-state index >= 15 is 0 Å². The maximum absolute atomic E-state index is 13.5. The number of hydrogen-bond acceptors (Lipinski definition) is 1. The molecule has 0 aliphatic heterocycles. The van der Waals surface area contributed by atoms with Gasteiger partial charge in [0.15, 0.2) is 5.11 Å². The summed E-state index contributed by atoms with van der Waals surface area (Å²) in [4.78, 5) is 0. The van der Waals surface area contributed by atoms with Crippen molar-refractivity contribution in [1.82, 2.24) is 0 Å². The van der Waals surface area contributed by atoms with Crippen LogP contribution in [0.3, 0.4) is 0 Å². The van der Waals surface area contributed by atoms with E-state index in [0.29, 0.717) is 10.8 Å². The van der Waals surface area contributed by atoms with Gasteiger partial charge in [-0.05, 0) is 42.0 Å². The molecule has 0 aromatic heterocycles. The van der Waals surface area contributed by atoms with Crippen LogP contribution in [0.15, 0.2) is 72.8 Å². The summed E-state index contributed by atoms with van der Waals surface area (Å²) in [6, 6.07) is 22.3. The van der Waals surface area contributed by atoms with E-state index in [4.69, 9.17) is 23.8 Å². The van der Waals surface area contributed by atoms with Gasteiger partial charge < -0.3 is 10.6 Å². The summed E-state index contributed by atoms with van der Waals surface area (Å²) in [5, 5.41) is 6.57. The molecule has 0 bridgehead atoms. The summed E-state index contributed by atoms with van der Waals surface area (Å²) in [6.45, 7) is 0. The van der Waals surface area contributed by atoms with Gasteiger partial charge in [0, 0.05) is 16.9 Å². The number of para-hydroxylation sites is 1. The standard InChI is InChI=1S/C19H14ClFN2S/c20-16-11-10-14(12-17(16)21)22-19(24)23-18-9-5-4-8-15(18)13-6-2-1-3-7-13/h1-12H,(H2,22,23,24). The Hall–Kier alpha value is -2.43. The molecule has 120 valence electrons. The smallest absolute Gasteiger partial charge is 0.175 e. The molecule has 3 aromatic carbocycles. The zero-order valence-corrected chi connectivity index (χ0v) is 14.2. The minimum Gasteiger partial charge on any atom is -0.332 e. The molecule has 24 heavy (non-hydrogen) atoms. The van der Waals surface area contributed by atoms with Gasteiger partial charge in [0.25, 0.3) is 0 Å². The van der Waals surface area contributed by atoms with Crippen molar-refractivity contribution < 1.29 is 4.39 Å². The third-order valence-electron chi connectivity index (χ3n) is 3.44. The molecule has 0 radical (unpaired) electrons. The van der Waals surface area contributed by atoms with Crippen LogP contribution in [0.5, 0.6) is 0 Å². The van der Waals surface area contributed by atoms with Crippen LogP contribution in [-0.2, 0) is 0 Å². The molecule has 0 saturated heterocycles. The molecular weight excluding hydrogens is 343 g/mol. The highest BCUT2D eigenvalue weighted by Gasteiger charge is 2.07. The van der Waals surface area contributed by atoms with Crippen LogP contribution in [0.25, 0.3) is 11.1 Å². The van der Waals surface area contributed by atoms with E-state index in [9.17, 15) is 4.39 Å². The van der Waals surface area contributed by atoms with Crippen molar-refractivity contribution in [1.29, 1.82) is 0 Å². The van der Waals surface area contributed by atoms with E-state index in [1.165, 1.54) is 12.1 Å². The summed E-state index contributed by atoms with van der Waals surface area (Å²) in [7, 11) is 0. The van der Waals surface area contributed by atoms with Gasteiger partial charge in [0.05, 0.1) is 5.02 Å². The normalized spacial score (nSPS) is 10.2. The Labute approximate surface area is 150 Å². The number of halogens is 2. The number of anilines is 2. The summed E-state index contributed by atoms with van der Waals surface area (Å²) in [5.74, 6) is -0.492. The van der Waals surface area contributed by atoms with Gasteiger partial charge in [0.2, 0.25) is 0 Å². The van der Waals surface area contributed by atoms with Crippen molar-refractivity contribution in [3.63, 3.8) is 0 Å². The summed E-state index contributed by atoms with van der Waals surface area (Å²) in [6.07, 6.45) is 0. The second kappa shape index (κ2) is 7.43. The fourth-order valence-electron chi connectivity index (χ4n) is 2.32. The van der Waals surface area contributed by atoms with Gasteiger partial charge in [-0.15, -0.1) is 0 Å². The van der Waals surface area contributed by atoms with Gasteiger partial charge in [-0.25, -0.2) is 4.39 Å². The predicted molar refractivity (Wildman–Crippen MR) is 103 cm³/mol. The minimum atomic E-state index is -0.492. The Bertz CT molecular complexity index is 868. The van der Waals surface area contributed by atoms with Crippen molar-refractivity contribution in [2.24, 2.45) is 0 Å². The second-order valence-corrected chi connectivity index (χ2v) is 5.94. The summed E-state index contributed by atoms with van der Waals surface area (Å²) >= 11 is 11.0. The van der Waals surface area contributed by atoms with E-state index in [-0.39, 0.29) is 5.02 Å². The van der Waals surface area contributed by atoms with E-state index in [0.717, 1.165) is 16.8 Å². The minimum absolute atomic E-state index is 0.0776. The third-order valence-corrected chi connectivity index (χ3v) is 3.95. The van der Waals surface area contributed by atoms with Gasteiger partial charge in [-0.3, -0.25) is 0 Å². The second-order valence-electron chi connectivity index (χ2n) is 5.12. The van der Waals surface area contributed by atoms with E-state index in [2.05, 4.69) is 10.6 Å². The Morgan fingerprint density at radius 1 is 0.875 bits per heavy atom. The van der Waals surface area contributed by atoms with Crippen LogP contribution >= 0.6 is 23.8 Å². The first-order valence-corrected chi connectivity index (χ1v) is 8.09. The van der Waals surface area contributed by atoms with Crippen molar-refractivity contribution in [3.8, 4) is 11.1 Å². The van der Waals surface area contributed by atoms with Crippen molar-refractivity contribution in [2.75, 3.05) is 10.6 Å².